The van der Waals surface area contributed by atoms with Gasteiger partial charge < -0.3 is 10.3 Å². The van der Waals surface area contributed by atoms with Gasteiger partial charge in [0.1, 0.15) is 5.69 Å². The quantitative estimate of drug-likeness (QED) is 0.853. The van der Waals surface area contributed by atoms with Crippen molar-refractivity contribution in [3.05, 3.63) is 42.0 Å². The summed E-state index contributed by atoms with van der Waals surface area (Å²) in [6.45, 7) is 3.09. The maximum atomic E-state index is 10.5. The Kier molecular flexibility index (Phi) is 4.46. The van der Waals surface area contributed by atoms with Crippen LogP contribution < -0.4 is 5.73 Å². The van der Waals surface area contributed by atoms with E-state index < -0.39 is 0 Å². The summed E-state index contributed by atoms with van der Waals surface area (Å²) in [5, 5.41) is 0. The lowest BCUT2D eigenvalue weighted by atomic mass is 10.1. The Bertz CT molecular complexity index is 617. The first-order valence-electron chi connectivity index (χ1n) is 6.12. The van der Waals surface area contributed by atoms with Gasteiger partial charge in [-0.1, -0.05) is 13.0 Å². The lowest BCUT2D eigenvalue weighted by Crippen LogP contribution is -2.02. The molecule has 0 radical (unpaired) electrons. The maximum absolute atomic E-state index is 10.5. The van der Waals surface area contributed by atoms with Gasteiger partial charge in [-0.25, -0.2) is 4.98 Å². The van der Waals surface area contributed by atoms with Crippen LogP contribution in [0.4, 0.5) is 11.4 Å². The second-order valence-electron chi connectivity index (χ2n) is 4.31. The predicted octanol–water partition coefficient (Wildman–Crippen LogP) is 2.49. The minimum Gasteiger partial charge on any atom is -0.397 e. The molecule has 5 nitrogen and oxygen atoms in total. The van der Waals surface area contributed by atoms with E-state index in [2.05, 4.69) is 20.8 Å². The predicted molar refractivity (Wildman–Crippen MR) is 76.4 cm³/mol. The van der Waals surface area contributed by atoms with Crippen LogP contribution in [0.2, 0.25) is 0 Å². The van der Waals surface area contributed by atoms with Gasteiger partial charge in [0.2, 0.25) is 11.5 Å². The average Bonchev–Trinajstić information content (AvgIpc) is 2.82. The van der Waals surface area contributed by atoms with E-state index in [1.807, 2.05) is 24.7 Å². The van der Waals surface area contributed by atoms with Crippen molar-refractivity contribution in [3.8, 4) is 0 Å². The maximum Gasteiger partial charge on any atom is 0.205 e. The summed E-state index contributed by atoms with van der Waals surface area (Å²) in [6.07, 6.45) is 5.53. The molecule has 0 aliphatic heterocycles. The molecule has 0 aliphatic rings. The van der Waals surface area contributed by atoms with Crippen molar-refractivity contribution < 1.29 is 4.21 Å². The summed E-state index contributed by atoms with van der Waals surface area (Å²) < 4.78 is 16.4. The molecule has 0 amide bonds. The first-order chi connectivity index (χ1) is 9.24. The van der Waals surface area contributed by atoms with Crippen molar-refractivity contribution in [3.63, 3.8) is 0 Å². The molecule has 0 bridgehead atoms. The molecule has 100 valence electrons. The summed E-state index contributed by atoms with van der Waals surface area (Å²) in [4.78, 5) is 4.17. The average molecular weight is 276 g/mol. The van der Waals surface area contributed by atoms with Gasteiger partial charge in [0.15, 0.2) is 0 Å². The highest BCUT2D eigenvalue weighted by Crippen LogP contribution is 2.24. The topological polar surface area (TPSA) is 73.3 Å². The van der Waals surface area contributed by atoms with Crippen LogP contribution in [0.5, 0.6) is 0 Å². The van der Waals surface area contributed by atoms with Crippen LogP contribution >= 0.6 is 0 Å². The van der Waals surface area contributed by atoms with Crippen LogP contribution in [-0.2, 0) is 24.4 Å². The molecule has 6 heteroatoms. The lowest BCUT2D eigenvalue weighted by molar-refractivity contribution is 0.653. The standard InChI is InChI=1S/C13H16N4OS/c1-2-5-17-9-15-8-11(17)6-10-3-4-12(14)13(7-10)16-19-18/h3-4,7-9H,2,5-6,14H2,1H3. The number of anilines is 1. The number of aryl methyl sites for hydroxylation is 1. The fourth-order valence-corrected chi connectivity index (χ4v) is 2.20. The number of nitrogens with two attached hydrogens (primary N) is 1. The molecule has 1 aromatic carbocycles. The van der Waals surface area contributed by atoms with Gasteiger partial charge in [0, 0.05) is 24.9 Å². The van der Waals surface area contributed by atoms with Crippen molar-refractivity contribution in [2.24, 2.45) is 4.36 Å². The van der Waals surface area contributed by atoms with Gasteiger partial charge >= 0.3 is 0 Å². The van der Waals surface area contributed by atoms with E-state index in [9.17, 15) is 4.21 Å². The Hall–Kier alpha value is -1.95. The van der Waals surface area contributed by atoms with Crippen LogP contribution in [0.1, 0.15) is 24.6 Å². The molecule has 0 spiro atoms. The molecule has 0 aliphatic carbocycles. The molecule has 1 aromatic heterocycles. The van der Waals surface area contributed by atoms with Gasteiger partial charge in [0.25, 0.3) is 0 Å². The Balaban J connectivity index is 2.25. The van der Waals surface area contributed by atoms with E-state index in [4.69, 9.17) is 5.73 Å². The Labute approximate surface area is 115 Å². The Morgan fingerprint density at radius 3 is 3.05 bits per heavy atom. The number of nitrogen functional groups attached to an aromatic ring is 1. The largest absolute Gasteiger partial charge is 0.397 e. The van der Waals surface area contributed by atoms with Gasteiger partial charge in [-0.3, -0.25) is 0 Å². The Morgan fingerprint density at radius 1 is 1.47 bits per heavy atom. The SMILES string of the molecule is CCCn1cncc1Cc1ccc(N)c(N=S=O)c1. The fraction of sp³-hybridized carbons (Fsp3) is 0.308. The van der Waals surface area contributed by atoms with E-state index in [-0.39, 0.29) is 11.5 Å². The normalized spacial score (nSPS) is 10.4. The number of imidazole rings is 1. The third-order valence-corrected chi connectivity index (χ3v) is 3.15. The number of hydrogen-bond donors (Lipinski definition) is 1. The third kappa shape index (κ3) is 3.29. The first-order valence-corrected chi connectivity index (χ1v) is 6.82. The summed E-state index contributed by atoms with van der Waals surface area (Å²) in [6, 6.07) is 5.58. The van der Waals surface area contributed by atoms with Crippen LogP contribution in [0.15, 0.2) is 35.1 Å². The molecule has 2 aromatic rings. The molecular formula is C13H16N4OS. The second-order valence-corrected chi connectivity index (χ2v) is 4.65. The van der Waals surface area contributed by atoms with E-state index >= 15 is 0 Å². The smallest absolute Gasteiger partial charge is 0.205 e. The monoisotopic (exact) mass is 276 g/mol. The summed E-state index contributed by atoms with van der Waals surface area (Å²) in [7, 11) is 0. The third-order valence-electron chi connectivity index (χ3n) is 2.88. The fourth-order valence-electron chi connectivity index (χ4n) is 1.97. The van der Waals surface area contributed by atoms with Crippen LogP contribution in [0, 0.1) is 0 Å². The molecule has 2 rings (SSSR count). The first kappa shape index (κ1) is 13.5. The number of benzene rings is 1. The minimum absolute atomic E-state index is 0.174. The number of nitrogens with zero attached hydrogens (tertiary/aromatic N) is 3. The van der Waals surface area contributed by atoms with Gasteiger partial charge in [0.05, 0.1) is 12.0 Å². The van der Waals surface area contributed by atoms with Gasteiger partial charge in [-0.2, -0.15) is 8.57 Å². The summed E-state index contributed by atoms with van der Waals surface area (Å²) >= 11 is 0.174. The summed E-state index contributed by atoms with van der Waals surface area (Å²) in [5.74, 6) is 0. The minimum atomic E-state index is 0.174. The molecule has 0 saturated heterocycles. The van der Waals surface area contributed by atoms with Crippen molar-refractivity contribution in [2.45, 2.75) is 26.3 Å². The van der Waals surface area contributed by atoms with Crippen molar-refractivity contribution in [1.82, 2.24) is 9.55 Å². The molecule has 0 fully saturated rings. The van der Waals surface area contributed by atoms with E-state index in [0.29, 0.717) is 11.4 Å². The zero-order valence-corrected chi connectivity index (χ0v) is 11.6. The van der Waals surface area contributed by atoms with Crippen molar-refractivity contribution in [2.75, 3.05) is 5.73 Å². The number of aromatic nitrogens is 2. The highest BCUT2D eigenvalue weighted by molar-refractivity contribution is 7.54. The van der Waals surface area contributed by atoms with Crippen molar-refractivity contribution >= 4 is 22.8 Å². The second kappa shape index (κ2) is 6.29. The lowest BCUT2D eigenvalue weighted by Gasteiger charge is -2.07. The van der Waals surface area contributed by atoms with Crippen molar-refractivity contribution in [1.29, 1.82) is 0 Å². The zero-order valence-electron chi connectivity index (χ0n) is 10.7. The molecule has 1 heterocycles. The molecule has 0 unspecified atom stereocenters. The van der Waals surface area contributed by atoms with Gasteiger partial charge in [-0.05, 0) is 24.1 Å². The highest BCUT2D eigenvalue weighted by atomic mass is 32.1. The van der Waals surface area contributed by atoms with E-state index in [1.165, 1.54) is 0 Å². The molecule has 0 atom stereocenters. The van der Waals surface area contributed by atoms with Crippen LogP contribution in [-0.4, -0.2) is 13.8 Å². The highest BCUT2D eigenvalue weighted by Gasteiger charge is 2.05. The van der Waals surface area contributed by atoms with Crippen LogP contribution in [0.25, 0.3) is 0 Å². The van der Waals surface area contributed by atoms with E-state index in [0.717, 1.165) is 30.6 Å². The summed E-state index contributed by atoms with van der Waals surface area (Å²) in [5.41, 5.74) is 9.04. The van der Waals surface area contributed by atoms with E-state index in [1.54, 1.807) is 6.07 Å². The number of hydrogen-bond acceptors (Lipinski definition) is 4. The number of rotatable bonds is 5. The zero-order chi connectivity index (χ0) is 13.7. The molecular weight excluding hydrogens is 260 g/mol. The van der Waals surface area contributed by atoms with Crippen LogP contribution in [0.3, 0.4) is 0 Å². The van der Waals surface area contributed by atoms with Gasteiger partial charge in [-0.15, -0.1) is 0 Å². The molecule has 0 saturated carbocycles. The molecule has 19 heavy (non-hydrogen) atoms. The Morgan fingerprint density at radius 2 is 2.32 bits per heavy atom. The molecule has 2 N–H and O–H groups in total.